The van der Waals surface area contributed by atoms with E-state index in [1.165, 1.54) is 6.08 Å². The van der Waals surface area contributed by atoms with Crippen LogP contribution in [-0.2, 0) is 4.79 Å². The molecule has 0 aromatic carbocycles. The van der Waals surface area contributed by atoms with E-state index in [1.54, 1.807) is 6.92 Å². The third kappa shape index (κ3) is 1.44. The first-order chi connectivity index (χ1) is 6.35. The Labute approximate surface area is 85.3 Å². The first-order valence-electron chi connectivity index (χ1n) is 4.89. The number of aliphatic hydroxyl groups is 1. The predicted molar refractivity (Wildman–Crippen MR) is 56.9 cm³/mol. The fraction of sp³-hybridized carbons (Fsp3) is 0.583. The molecule has 0 spiro atoms. The number of ketones is 1. The van der Waals surface area contributed by atoms with Crippen molar-refractivity contribution in [3.05, 3.63) is 24.8 Å². The van der Waals surface area contributed by atoms with E-state index in [1.807, 2.05) is 6.92 Å². The molecule has 1 rings (SSSR count). The van der Waals surface area contributed by atoms with Gasteiger partial charge in [-0.3, -0.25) is 4.79 Å². The van der Waals surface area contributed by atoms with Crippen molar-refractivity contribution in [2.24, 2.45) is 5.41 Å². The van der Waals surface area contributed by atoms with Gasteiger partial charge in [-0.25, -0.2) is 0 Å². The number of carbonyl (C=O) groups is 1. The minimum atomic E-state index is -1.05. The van der Waals surface area contributed by atoms with E-state index >= 15 is 0 Å². The zero-order chi connectivity index (χ0) is 11.0. The molecule has 0 radical (unpaired) electrons. The first kappa shape index (κ1) is 11.2. The van der Waals surface area contributed by atoms with Crippen LogP contribution >= 0.6 is 0 Å². The Bertz CT molecular complexity index is 293. The van der Waals surface area contributed by atoms with Crippen molar-refractivity contribution in [3.63, 3.8) is 0 Å². The van der Waals surface area contributed by atoms with Crippen molar-refractivity contribution in [1.82, 2.24) is 0 Å². The third-order valence-electron chi connectivity index (χ3n) is 3.30. The van der Waals surface area contributed by atoms with Crippen molar-refractivity contribution in [1.29, 1.82) is 0 Å². The Morgan fingerprint density at radius 1 is 1.71 bits per heavy atom. The molecule has 0 unspecified atom stereocenters. The normalized spacial score (nSPS) is 37.2. The second kappa shape index (κ2) is 3.35. The first-order valence-corrected chi connectivity index (χ1v) is 4.89. The van der Waals surface area contributed by atoms with Crippen molar-refractivity contribution in [3.8, 4) is 0 Å². The lowest BCUT2D eigenvalue weighted by Gasteiger charge is -2.36. The molecule has 0 saturated heterocycles. The minimum Gasteiger partial charge on any atom is -0.385 e. The van der Waals surface area contributed by atoms with Gasteiger partial charge in [-0.1, -0.05) is 11.6 Å². The summed E-state index contributed by atoms with van der Waals surface area (Å²) >= 11 is 0. The largest absolute Gasteiger partial charge is 0.385 e. The van der Waals surface area contributed by atoms with Crippen LogP contribution in [0.3, 0.4) is 0 Å². The van der Waals surface area contributed by atoms with E-state index in [-0.39, 0.29) is 5.78 Å². The van der Waals surface area contributed by atoms with E-state index in [9.17, 15) is 9.90 Å². The highest BCUT2D eigenvalue weighted by atomic mass is 16.3. The minimum absolute atomic E-state index is 0.114. The number of hydrogen-bond donors (Lipinski definition) is 1. The van der Waals surface area contributed by atoms with Gasteiger partial charge in [0.15, 0.2) is 0 Å². The van der Waals surface area contributed by atoms with Gasteiger partial charge in [0, 0.05) is 6.42 Å². The summed E-state index contributed by atoms with van der Waals surface area (Å²) in [4.78, 5) is 11.8. The lowest BCUT2D eigenvalue weighted by Crippen LogP contribution is -2.43. The molecule has 0 bridgehead atoms. The van der Waals surface area contributed by atoms with Gasteiger partial charge in [0.2, 0.25) is 0 Å². The molecule has 0 aliphatic heterocycles. The number of hydrogen-bond acceptors (Lipinski definition) is 2. The van der Waals surface area contributed by atoms with Crippen molar-refractivity contribution >= 4 is 5.78 Å². The highest BCUT2D eigenvalue weighted by Crippen LogP contribution is 2.48. The van der Waals surface area contributed by atoms with E-state index < -0.39 is 11.0 Å². The van der Waals surface area contributed by atoms with Gasteiger partial charge >= 0.3 is 0 Å². The fourth-order valence-corrected chi connectivity index (χ4v) is 2.28. The summed E-state index contributed by atoms with van der Waals surface area (Å²) in [5, 5.41) is 10.3. The van der Waals surface area contributed by atoms with Gasteiger partial charge < -0.3 is 5.11 Å². The van der Waals surface area contributed by atoms with Crippen LogP contribution in [0.25, 0.3) is 0 Å². The van der Waals surface area contributed by atoms with Gasteiger partial charge in [0.1, 0.15) is 5.78 Å². The Balaban J connectivity index is 3.07. The molecular weight excluding hydrogens is 176 g/mol. The molecule has 1 fully saturated rings. The molecule has 2 nitrogen and oxygen atoms in total. The van der Waals surface area contributed by atoms with E-state index in [2.05, 4.69) is 13.2 Å². The zero-order valence-corrected chi connectivity index (χ0v) is 8.97. The topological polar surface area (TPSA) is 37.3 Å². The Morgan fingerprint density at radius 2 is 2.29 bits per heavy atom. The van der Waals surface area contributed by atoms with Crippen LogP contribution in [0.15, 0.2) is 24.8 Å². The van der Waals surface area contributed by atoms with E-state index in [0.717, 1.165) is 5.57 Å². The van der Waals surface area contributed by atoms with Crippen LogP contribution in [-0.4, -0.2) is 16.5 Å². The van der Waals surface area contributed by atoms with Crippen molar-refractivity contribution < 1.29 is 9.90 Å². The van der Waals surface area contributed by atoms with Gasteiger partial charge in [-0.05, 0) is 26.7 Å². The SMILES string of the molecule is C=C[C@@]1(O)CCC(=O)[C@@]1(C)CC(=C)C. The molecule has 0 aromatic heterocycles. The standard InChI is InChI=1S/C12H18O2/c1-5-12(14)7-6-10(13)11(12,4)8-9(2)3/h5,14H,1-2,6-8H2,3-4H3/t11-,12-/m1/s1. The molecule has 2 heteroatoms. The van der Waals surface area contributed by atoms with Crippen LogP contribution < -0.4 is 0 Å². The maximum absolute atomic E-state index is 11.8. The molecule has 1 aliphatic rings. The van der Waals surface area contributed by atoms with Gasteiger partial charge in [-0.2, -0.15) is 0 Å². The molecule has 2 atom stereocenters. The molecular formula is C12H18O2. The number of allylic oxidation sites excluding steroid dienone is 1. The third-order valence-corrected chi connectivity index (χ3v) is 3.30. The summed E-state index contributed by atoms with van der Waals surface area (Å²) in [6.45, 7) is 11.1. The van der Waals surface area contributed by atoms with Crippen LogP contribution in [0.1, 0.15) is 33.1 Å². The summed E-state index contributed by atoms with van der Waals surface area (Å²) in [6.07, 6.45) is 2.96. The van der Waals surface area contributed by atoms with Crippen LogP contribution in [0.2, 0.25) is 0 Å². The highest BCUT2D eigenvalue weighted by Gasteiger charge is 2.54. The van der Waals surface area contributed by atoms with Crippen LogP contribution in [0.5, 0.6) is 0 Å². The summed E-state index contributed by atoms with van der Waals surface area (Å²) in [5.41, 5.74) is -0.855. The number of Topliss-reactive ketones (excluding diaryl/α,β-unsaturated/α-hetero) is 1. The molecule has 0 amide bonds. The smallest absolute Gasteiger partial charge is 0.142 e. The Kier molecular flexibility index (Phi) is 2.68. The lowest BCUT2D eigenvalue weighted by atomic mass is 9.71. The number of carbonyl (C=O) groups excluding carboxylic acids is 1. The second-order valence-electron chi connectivity index (χ2n) is 4.52. The fourth-order valence-electron chi connectivity index (χ4n) is 2.28. The van der Waals surface area contributed by atoms with Gasteiger partial charge in [0.25, 0.3) is 0 Å². The van der Waals surface area contributed by atoms with Crippen molar-refractivity contribution in [2.75, 3.05) is 0 Å². The average molecular weight is 194 g/mol. The summed E-state index contributed by atoms with van der Waals surface area (Å²) in [5.74, 6) is 0.114. The summed E-state index contributed by atoms with van der Waals surface area (Å²) < 4.78 is 0. The van der Waals surface area contributed by atoms with Gasteiger partial charge in [0.05, 0.1) is 11.0 Å². The van der Waals surface area contributed by atoms with Gasteiger partial charge in [-0.15, -0.1) is 13.2 Å². The van der Waals surface area contributed by atoms with Crippen LogP contribution in [0, 0.1) is 5.41 Å². The zero-order valence-electron chi connectivity index (χ0n) is 8.97. The maximum Gasteiger partial charge on any atom is 0.142 e. The van der Waals surface area contributed by atoms with Crippen molar-refractivity contribution in [2.45, 2.75) is 38.7 Å². The monoisotopic (exact) mass is 194 g/mol. The summed E-state index contributed by atoms with van der Waals surface area (Å²) in [6, 6.07) is 0. The number of rotatable bonds is 3. The molecule has 0 heterocycles. The average Bonchev–Trinajstić information content (AvgIpc) is 2.30. The van der Waals surface area contributed by atoms with E-state index in [4.69, 9.17) is 0 Å². The lowest BCUT2D eigenvalue weighted by molar-refractivity contribution is -0.131. The molecule has 14 heavy (non-hydrogen) atoms. The highest BCUT2D eigenvalue weighted by molar-refractivity contribution is 5.89. The predicted octanol–water partition coefficient (Wildman–Crippen LogP) is 2.24. The Morgan fingerprint density at radius 3 is 2.71 bits per heavy atom. The summed E-state index contributed by atoms with van der Waals surface area (Å²) in [7, 11) is 0. The molecule has 78 valence electrons. The second-order valence-corrected chi connectivity index (χ2v) is 4.52. The molecule has 1 saturated carbocycles. The quantitative estimate of drug-likeness (QED) is 0.699. The van der Waals surface area contributed by atoms with Crippen LogP contribution in [0.4, 0.5) is 0 Å². The van der Waals surface area contributed by atoms with E-state index in [0.29, 0.717) is 19.3 Å². The Hall–Kier alpha value is -0.890. The molecule has 1 N–H and O–H groups in total. The molecule has 1 aliphatic carbocycles. The maximum atomic E-state index is 11.8. The molecule has 0 aromatic rings.